The van der Waals surface area contributed by atoms with Gasteiger partial charge >= 0.3 is 6.03 Å². The van der Waals surface area contributed by atoms with E-state index < -0.39 is 12.1 Å². The zero-order chi connectivity index (χ0) is 19.2. The minimum atomic E-state index is -0.677. The van der Waals surface area contributed by atoms with Gasteiger partial charge in [-0.15, -0.1) is 0 Å². The molecule has 2 aromatic rings. The Kier molecular flexibility index (Phi) is 5.80. The maximum absolute atomic E-state index is 12.6. The number of hydrogen-bond donors (Lipinski definition) is 2. The van der Waals surface area contributed by atoms with Crippen molar-refractivity contribution in [3.05, 3.63) is 66.0 Å². The molecule has 4 amide bonds. The minimum absolute atomic E-state index is 0.150. The average Bonchev–Trinajstić information content (AvgIpc) is 2.99. The van der Waals surface area contributed by atoms with E-state index in [1.54, 1.807) is 6.20 Å². The fraction of sp³-hybridized carbons (Fsp3) is 0.300. The van der Waals surface area contributed by atoms with Crippen molar-refractivity contribution in [1.82, 2.24) is 20.5 Å². The van der Waals surface area contributed by atoms with Gasteiger partial charge in [0.25, 0.3) is 5.91 Å². The van der Waals surface area contributed by atoms with E-state index in [1.165, 1.54) is 4.90 Å². The van der Waals surface area contributed by atoms with E-state index in [9.17, 15) is 14.4 Å². The van der Waals surface area contributed by atoms with Crippen molar-refractivity contribution >= 4 is 17.8 Å². The lowest BCUT2D eigenvalue weighted by atomic mass is 10.1. The van der Waals surface area contributed by atoms with E-state index in [0.717, 1.165) is 11.3 Å². The molecule has 27 heavy (non-hydrogen) atoms. The maximum Gasteiger partial charge on any atom is 0.325 e. The summed E-state index contributed by atoms with van der Waals surface area (Å²) in [6, 6.07) is 13.4. The molecule has 2 heterocycles. The summed E-state index contributed by atoms with van der Waals surface area (Å²) >= 11 is 0. The van der Waals surface area contributed by atoms with Crippen molar-refractivity contribution in [3.63, 3.8) is 0 Å². The molecule has 140 valence electrons. The molecule has 1 aromatic heterocycles. The lowest BCUT2D eigenvalue weighted by molar-refractivity contribution is -0.129. The van der Waals surface area contributed by atoms with Crippen molar-refractivity contribution in [2.24, 2.45) is 0 Å². The number of nitrogens with zero attached hydrogens (tertiary/aromatic N) is 2. The number of carbonyl (C=O) groups is 3. The average molecular weight is 366 g/mol. The molecule has 0 saturated carbocycles. The van der Waals surface area contributed by atoms with Gasteiger partial charge in [0.05, 0.1) is 18.3 Å². The number of urea groups is 1. The second kappa shape index (κ2) is 8.44. The molecule has 2 atom stereocenters. The second-order valence-corrected chi connectivity index (χ2v) is 6.43. The lowest BCUT2D eigenvalue weighted by Gasteiger charge is -2.21. The zero-order valence-corrected chi connectivity index (χ0v) is 15.1. The first-order valence-electron chi connectivity index (χ1n) is 8.91. The molecule has 7 heteroatoms. The van der Waals surface area contributed by atoms with Gasteiger partial charge in [-0.25, -0.2) is 4.79 Å². The van der Waals surface area contributed by atoms with Crippen LogP contribution < -0.4 is 10.6 Å². The Labute approximate surface area is 157 Å². The van der Waals surface area contributed by atoms with Crippen LogP contribution in [0.15, 0.2) is 54.7 Å². The molecule has 7 nitrogen and oxygen atoms in total. The number of imide groups is 1. The van der Waals surface area contributed by atoms with E-state index in [1.807, 2.05) is 55.5 Å². The van der Waals surface area contributed by atoms with Gasteiger partial charge in [-0.2, -0.15) is 0 Å². The van der Waals surface area contributed by atoms with Crippen molar-refractivity contribution in [2.75, 3.05) is 0 Å². The van der Waals surface area contributed by atoms with Crippen molar-refractivity contribution in [1.29, 1.82) is 0 Å². The number of rotatable bonds is 7. The van der Waals surface area contributed by atoms with Gasteiger partial charge in [0.1, 0.15) is 6.04 Å². The first kappa shape index (κ1) is 18.6. The first-order valence-corrected chi connectivity index (χ1v) is 8.91. The number of amides is 4. The topological polar surface area (TPSA) is 91.4 Å². The van der Waals surface area contributed by atoms with Crippen molar-refractivity contribution < 1.29 is 14.4 Å². The molecule has 0 radical (unpaired) electrons. The molecule has 0 unspecified atom stereocenters. The van der Waals surface area contributed by atoms with Crippen LogP contribution in [-0.4, -0.2) is 33.8 Å². The Balaban J connectivity index is 1.52. The number of nitrogens with one attached hydrogen (secondary N) is 2. The number of benzene rings is 1. The minimum Gasteiger partial charge on any atom is -0.350 e. The highest BCUT2D eigenvalue weighted by Crippen LogP contribution is 2.25. The molecule has 1 aliphatic rings. The number of carbonyl (C=O) groups excluding carboxylic acids is 3. The SMILES string of the molecule is C[C@@H](c1ccccc1)N1C(=O)N[C@@H](CCC(=O)NCc2ccccn2)C1=O. The first-order chi connectivity index (χ1) is 13.1. The highest BCUT2D eigenvalue weighted by atomic mass is 16.2. The van der Waals surface area contributed by atoms with Crippen LogP contribution in [0.5, 0.6) is 0 Å². The molecule has 2 N–H and O–H groups in total. The smallest absolute Gasteiger partial charge is 0.325 e. The quantitative estimate of drug-likeness (QED) is 0.735. The summed E-state index contributed by atoms with van der Waals surface area (Å²) < 4.78 is 0. The molecule has 0 spiro atoms. The van der Waals surface area contributed by atoms with Crippen LogP contribution in [0.1, 0.15) is 37.1 Å². The van der Waals surface area contributed by atoms with Gasteiger partial charge < -0.3 is 10.6 Å². The third kappa shape index (κ3) is 4.49. The number of pyridine rings is 1. The van der Waals surface area contributed by atoms with Gasteiger partial charge in [-0.3, -0.25) is 19.5 Å². The molecule has 1 fully saturated rings. The third-order valence-corrected chi connectivity index (χ3v) is 4.57. The van der Waals surface area contributed by atoms with E-state index in [0.29, 0.717) is 6.54 Å². The van der Waals surface area contributed by atoms with Gasteiger partial charge in [0, 0.05) is 12.6 Å². The summed E-state index contributed by atoms with van der Waals surface area (Å²) in [7, 11) is 0. The van der Waals surface area contributed by atoms with Crippen LogP contribution in [0.4, 0.5) is 4.79 Å². The Hall–Kier alpha value is -3.22. The predicted octanol–water partition coefficient (Wildman–Crippen LogP) is 2.16. The molecule has 1 aliphatic heterocycles. The van der Waals surface area contributed by atoms with E-state index in [-0.39, 0.29) is 30.7 Å². The lowest BCUT2D eigenvalue weighted by Crippen LogP contribution is -2.34. The highest BCUT2D eigenvalue weighted by Gasteiger charge is 2.40. The zero-order valence-electron chi connectivity index (χ0n) is 15.1. The molecular weight excluding hydrogens is 344 g/mol. The van der Waals surface area contributed by atoms with E-state index >= 15 is 0 Å². The van der Waals surface area contributed by atoms with Crippen LogP contribution in [0, 0.1) is 0 Å². The Morgan fingerprint density at radius 3 is 2.63 bits per heavy atom. The number of aromatic nitrogens is 1. The highest BCUT2D eigenvalue weighted by molar-refractivity contribution is 6.04. The molecule has 0 bridgehead atoms. The fourth-order valence-electron chi connectivity index (χ4n) is 3.05. The van der Waals surface area contributed by atoms with Crippen molar-refractivity contribution in [3.8, 4) is 0 Å². The van der Waals surface area contributed by atoms with Crippen LogP contribution in [-0.2, 0) is 16.1 Å². The monoisotopic (exact) mass is 366 g/mol. The van der Waals surface area contributed by atoms with Crippen LogP contribution >= 0.6 is 0 Å². The molecular formula is C20H22N4O3. The molecule has 0 aliphatic carbocycles. The molecule has 3 rings (SSSR count). The summed E-state index contributed by atoms with van der Waals surface area (Å²) in [5.41, 5.74) is 1.65. The maximum atomic E-state index is 12.6. The van der Waals surface area contributed by atoms with Gasteiger partial charge in [0.2, 0.25) is 5.91 Å². The van der Waals surface area contributed by atoms with Gasteiger partial charge in [-0.1, -0.05) is 36.4 Å². The summed E-state index contributed by atoms with van der Waals surface area (Å²) in [6.07, 6.45) is 2.07. The second-order valence-electron chi connectivity index (χ2n) is 6.43. The van der Waals surface area contributed by atoms with Crippen molar-refractivity contribution in [2.45, 2.75) is 38.4 Å². The van der Waals surface area contributed by atoms with Gasteiger partial charge in [-0.05, 0) is 31.0 Å². The summed E-state index contributed by atoms with van der Waals surface area (Å²) in [4.78, 5) is 42.3. The Bertz CT molecular complexity index is 810. The standard InChI is InChI=1S/C20H22N4O3/c1-14(15-7-3-2-4-8-15)24-19(26)17(23-20(24)27)10-11-18(25)22-13-16-9-5-6-12-21-16/h2-9,12,14,17H,10-11,13H2,1H3,(H,22,25)(H,23,27)/t14-,17-/m0/s1. The van der Waals surface area contributed by atoms with E-state index in [2.05, 4.69) is 15.6 Å². The van der Waals surface area contributed by atoms with E-state index in [4.69, 9.17) is 0 Å². The Morgan fingerprint density at radius 1 is 1.19 bits per heavy atom. The number of hydrogen-bond acceptors (Lipinski definition) is 4. The van der Waals surface area contributed by atoms with Gasteiger partial charge in [0.15, 0.2) is 0 Å². The fourth-order valence-corrected chi connectivity index (χ4v) is 3.05. The normalized spacial score (nSPS) is 17.5. The Morgan fingerprint density at radius 2 is 1.93 bits per heavy atom. The third-order valence-electron chi connectivity index (χ3n) is 4.57. The summed E-state index contributed by atoms with van der Waals surface area (Å²) in [5, 5.41) is 5.45. The molecule has 1 saturated heterocycles. The predicted molar refractivity (Wildman–Crippen MR) is 99.3 cm³/mol. The van der Waals surface area contributed by atoms with Crippen LogP contribution in [0.2, 0.25) is 0 Å². The summed E-state index contributed by atoms with van der Waals surface area (Å²) in [6.45, 7) is 2.15. The van der Waals surface area contributed by atoms with Crippen LogP contribution in [0.3, 0.4) is 0 Å². The molecule has 1 aromatic carbocycles. The van der Waals surface area contributed by atoms with Crippen LogP contribution in [0.25, 0.3) is 0 Å². The summed E-state index contributed by atoms with van der Waals surface area (Å²) in [5.74, 6) is -0.480. The largest absolute Gasteiger partial charge is 0.350 e.